The highest BCUT2D eigenvalue weighted by Gasteiger charge is 2.22. The van der Waals surface area contributed by atoms with Crippen LogP contribution in [0.4, 0.5) is 5.82 Å². The summed E-state index contributed by atoms with van der Waals surface area (Å²) < 4.78 is 0. The van der Waals surface area contributed by atoms with Gasteiger partial charge in [0.1, 0.15) is 5.69 Å². The van der Waals surface area contributed by atoms with E-state index in [1.165, 1.54) is 5.56 Å². The second-order valence-corrected chi connectivity index (χ2v) is 7.02. The number of piperazine rings is 1. The van der Waals surface area contributed by atoms with Gasteiger partial charge in [-0.1, -0.05) is 35.9 Å². The van der Waals surface area contributed by atoms with Gasteiger partial charge in [0.25, 0.3) is 0 Å². The van der Waals surface area contributed by atoms with Crippen LogP contribution in [-0.2, 0) is 11.2 Å². The number of nitrogens with zero attached hydrogens (tertiary/aromatic N) is 5. The highest BCUT2D eigenvalue weighted by atomic mass is 16.2. The second kappa shape index (κ2) is 8.17. The van der Waals surface area contributed by atoms with Crippen LogP contribution in [0.2, 0.25) is 0 Å². The fourth-order valence-electron chi connectivity index (χ4n) is 3.32. The number of carbonyl (C=O) groups is 1. The zero-order valence-corrected chi connectivity index (χ0v) is 16.0. The second-order valence-electron chi connectivity index (χ2n) is 7.02. The Morgan fingerprint density at radius 3 is 2.32 bits per heavy atom. The minimum Gasteiger partial charge on any atom is -0.352 e. The zero-order chi connectivity index (χ0) is 19.3. The van der Waals surface area contributed by atoms with E-state index in [4.69, 9.17) is 0 Å². The number of rotatable bonds is 4. The van der Waals surface area contributed by atoms with Gasteiger partial charge in [0.2, 0.25) is 5.91 Å². The summed E-state index contributed by atoms with van der Waals surface area (Å²) in [6.07, 6.45) is 2.20. The molecule has 0 spiro atoms. The number of anilines is 1. The Morgan fingerprint density at radius 2 is 1.68 bits per heavy atom. The number of aryl methyl sites for hydroxylation is 1. The molecule has 6 nitrogen and oxygen atoms in total. The van der Waals surface area contributed by atoms with Gasteiger partial charge in [0.05, 0.1) is 12.1 Å². The molecule has 2 aromatic heterocycles. The molecule has 1 fully saturated rings. The topological polar surface area (TPSA) is 62.2 Å². The SMILES string of the molecule is Cc1ccc(CC(=O)N2CCN(c3ccc(-c4ccccn4)nn3)CC2)cc1. The minimum atomic E-state index is 0.181. The van der Waals surface area contributed by atoms with Crippen molar-refractivity contribution in [3.8, 4) is 11.4 Å². The maximum atomic E-state index is 12.6. The third-order valence-electron chi connectivity index (χ3n) is 5.01. The van der Waals surface area contributed by atoms with E-state index in [-0.39, 0.29) is 5.91 Å². The first-order chi connectivity index (χ1) is 13.7. The van der Waals surface area contributed by atoms with E-state index in [0.29, 0.717) is 19.5 Å². The smallest absolute Gasteiger partial charge is 0.227 e. The van der Waals surface area contributed by atoms with Gasteiger partial charge in [-0.2, -0.15) is 0 Å². The Morgan fingerprint density at radius 1 is 0.893 bits per heavy atom. The highest BCUT2D eigenvalue weighted by molar-refractivity contribution is 5.79. The lowest BCUT2D eigenvalue weighted by Crippen LogP contribution is -2.49. The predicted molar refractivity (Wildman–Crippen MR) is 109 cm³/mol. The first-order valence-corrected chi connectivity index (χ1v) is 9.52. The summed E-state index contributed by atoms with van der Waals surface area (Å²) in [6, 6.07) is 17.8. The summed E-state index contributed by atoms with van der Waals surface area (Å²) in [4.78, 5) is 21.0. The summed E-state index contributed by atoms with van der Waals surface area (Å²) in [6.45, 7) is 4.98. The van der Waals surface area contributed by atoms with Gasteiger partial charge in [-0.05, 0) is 36.8 Å². The van der Waals surface area contributed by atoms with Crippen LogP contribution >= 0.6 is 0 Å². The maximum Gasteiger partial charge on any atom is 0.227 e. The van der Waals surface area contributed by atoms with Crippen LogP contribution in [0.1, 0.15) is 11.1 Å². The largest absolute Gasteiger partial charge is 0.352 e. The molecule has 3 aromatic rings. The highest BCUT2D eigenvalue weighted by Crippen LogP contribution is 2.18. The Balaban J connectivity index is 1.33. The molecule has 4 rings (SSSR count). The molecule has 1 saturated heterocycles. The van der Waals surface area contributed by atoms with Crippen LogP contribution in [0.5, 0.6) is 0 Å². The first-order valence-electron chi connectivity index (χ1n) is 9.52. The van der Waals surface area contributed by atoms with Crippen LogP contribution in [0.3, 0.4) is 0 Å². The van der Waals surface area contributed by atoms with Crippen molar-refractivity contribution in [1.29, 1.82) is 0 Å². The van der Waals surface area contributed by atoms with Crippen molar-refractivity contribution in [2.24, 2.45) is 0 Å². The molecule has 0 aliphatic carbocycles. The third kappa shape index (κ3) is 4.17. The van der Waals surface area contributed by atoms with Crippen molar-refractivity contribution in [3.05, 3.63) is 71.9 Å². The average molecular weight is 373 g/mol. The molecule has 0 bridgehead atoms. The molecule has 0 unspecified atom stereocenters. The lowest BCUT2D eigenvalue weighted by Gasteiger charge is -2.35. The van der Waals surface area contributed by atoms with Gasteiger partial charge in [0.15, 0.2) is 5.82 Å². The molecule has 0 atom stereocenters. The van der Waals surface area contributed by atoms with Gasteiger partial charge in [-0.25, -0.2) is 0 Å². The summed E-state index contributed by atoms with van der Waals surface area (Å²) in [5.74, 6) is 1.02. The van der Waals surface area contributed by atoms with Gasteiger partial charge in [-0.3, -0.25) is 9.78 Å². The predicted octanol–water partition coefficient (Wildman–Crippen LogP) is 2.74. The number of hydrogen-bond acceptors (Lipinski definition) is 5. The van der Waals surface area contributed by atoms with Gasteiger partial charge >= 0.3 is 0 Å². The number of benzene rings is 1. The Hall–Kier alpha value is -3.28. The standard InChI is InChI=1S/C22H23N5O/c1-17-5-7-18(8-6-17)16-22(28)27-14-12-26(13-15-27)21-10-9-20(24-25-21)19-4-2-3-11-23-19/h2-11H,12-16H2,1H3. The van der Waals surface area contributed by atoms with E-state index < -0.39 is 0 Å². The number of aromatic nitrogens is 3. The maximum absolute atomic E-state index is 12.6. The monoisotopic (exact) mass is 373 g/mol. The van der Waals surface area contributed by atoms with Crippen LogP contribution in [0.15, 0.2) is 60.8 Å². The molecule has 28 heavy (non-hydrogen) atoms. The van der Waals surface area contributed by atoms with E-state index in [2.05, 4.69) is 27.0 Å². The van der Waals surface area contributed by atoms with Gasteiger partial charge in [-0.15, -0.1) is 10.2 Å². The molecule has 3 heterocycles. The van der Waals surface area contributed by atoms with E-state index >= 15 is 0 Å². The Bertz CT molecular complexity index is 917. The van der Waals surface area contributed by atoms with Gasteiger partial charge < -0.3 is 9.80 Å². The lowest BCUT2D eigenvalue weighted by molar-refractivity contribution is -0.130. The molecule has 0 N–H and O–H groups in total. The van der Waals surface area contributed by atoms with Crippen LogP contribution in [-0.4, -0.2) is 52.2 Å². The first kappa shape index (κ1) is 18.1. The van der Waals surface area contributed by atoms with E-state index in [0.717, 1.165) is 35.9 Å². The summed E-state index contributed by atoms with van der Waals surface area (Å²) in [5.41, 5.74) is 3.85. The van der Waals surface area contributed by atoms with E-state index in [9.17, 15) is 4.79 Å². The summed E-state index contributed by atoms with van der Waals surface area (Å²) in [5, 5.41) is 8.66. The molecule has 1 amide bonds. The van der Waals surface area contributed by atoms with Crippen molar-refractivity contribution >= 4 is 11.7 Å². The van der Waals surface area contributed by atoms with Gasteiger partial charge in [0, 0.05) is 32.4 Å². The third-order valence-corrected chi connectivity index (χ3v) is 5.01. The van der Waals surface area contributed by atoms with Crippen LogP contribution in [0.25, 0.3) is 11.4 Å². The molecule has 6 heteroatoms. The van der Waals surface area contributed by atoms with Crippen molar-refractivity contribution in [2.45, 2.75) is 13.3 Å². The lowest BCUT2D eigenvalue weighted by atomic mass is 10.1. The Labute approximate surface area is 164 Å². The molecule has 142 valence electrons. The molecule has 0 saturated carbocycles. The van der Waals surface area contributed by atoms with Crippen molar-refractivity contribution in [1.82, 2.24) is 20.1 Å². The summed E-state index contributed by atoms with van der Waals surface area (Å²) in [7, 11) is 0. The van der Waals surface area contributed by atoms with Crippen LogP contribution < -0.4 is 4.90 Å². The average Bonchev–Trinajstić information content (AvgIpc) is 2.76. The number of carbonyl (C=O) groups excluding carboxylic acids is 1. The van der Waals surface area contributed by atoms with Crippen molar-refractivity contribution < 1.29 is 4.79 Å². The van der Waals surface area contributed by atoms with Crippen molar-refractivity contribution in [2.75, 3.05) is 31.1 Å². The fourth-order valence-corrected chi connectivity index (χ4v) is 3.32. The summed E-state index contributed by atoms with van der Waals surface area (Å²) >= 11 is 0. The molecular weight excluding hydrogens is 350 g/mol. The van der Waals surface area contributed by atoms with E-state index in [1.54, 1.807) is 6.20 Å². The minimum absolute atomic E-state index is 0.181. The quantitative estimate of drug-likeness (QED) is 0.704. The zero-order valence-electron chi connectivity index (χ0n) is 16.0. The molecule has 0 radical (unpaired) electrons. The number of hydrogen-bond donors (Lipinski definition) is 0. The normalized spacial score (nSPS) is 14.2. The molecular formula is C22H23N5O. The number of pyridine rings is 1. The molecule has 1 aromatic carbocycles. The Kier molecular flexibility index (Phi) is 5.28. The van der Waals surface area contributed by atoms with Crippen molar-refractivity contribution in [3.63, 3.8) is 0 Å². The molecule has 1 aliphatic heterocycles. The molecule has 1 aliphatic rings. The van der Waals surface area contributed by atoms with E-state index in [1.807, 2.05) is 59.5 Å². The van der Waals surface area contributed by atoms with Crippen LogP contribution in [0, 0.1) is 6.92 Å². The fraction of sp³-hybridized carbons (Fsp3) is 0.273. The number of amides is 1.